The van der Waals surface area contributed by atoms with E-state index in [0.29, 0.717) is 12.6 Å². The van der Waals surface area contributed by atoms with Crippen LogP contribution >= 0.6 is 11.6 Å². The number of benzene rings is 1. The summed E-state index contributed by atoms with van der Waals surface area (Å²) in [5.74, 6) is 0.847. The second-order valence-corrected chi connectivity index (χ2v) is 5.51. The van der Waals surface area contributed by atoms with Crippen molar-refractivity contribution in [3.05, 3.63) is 29.3 Å². The zero-order valence-corrected chi connectivity index (χ0v) is 12.1. The molecule has 2 N–H and O–H groups in total. The smallest absolute Gasteiger partial charge is 0.120 e. The van der Waals surface area contributed by atoms with Gasteiger partial charge in [-0.25, -0.2) is 0 Å². The minimum absolute atomic E-state index is 0.640. The Bertz CT molecular complexity index is 384. The molecule has 0 saturated carbocycles. The van der Waals surface area contributed by atoms with Crippen molar-refractivity contribution in [2.45, 2.75) is 31.7 Å². The summed E-state index contributed by atoms with van der Waals surface area (Å²) in [7, 11) is 0. The Kier molecular flexibility index (Phi) is 5.95. The summed E-state index contributed by atoms with van der Waals surface area (Å²) >= 11 is 5.93. The van der Waals surface area contributed by atoms with Crippen LogP contribution in [0.25, 0.3) is 0 Å². The number of hydrogen-bond donors (Lipinski definition) is 1. The molecule has 1 aromatic rings. The SMILES string of the molecule is NCCC1CCCCN1CCOc1cccc(Cl)c1. The first-order valence-corrected chi connectivity index (χ1v) is 7.50. The number of nitrogens with two attached hydrogens (primary N) is 1. The number of piperidine rings is 1. The van der Waals surface area contributed by atoms with E-state index in [2.05, 4.69) is 4.90 Å². The Balaban J connectivity index is 1.77. The Morgan fingerprint density at radius 3 is 3.05 bits per heavy atom. The molecule has 1 heterocycles. The van der Waals surface area contributed by atoms with Gasteiger partial charge in [-0.2, -0.15) is 0 Å². The van der Waals surface area contributed by atoms with Crippen LogP contribution in [0.3, 0.4) is 0 Å². The lowest BCUT2D eigenvalue weighted by Gasteiger charge is -2.35. The highest BCUT2D eigenvalue weighted by Gasteiger charge is 2.21. The Hall–Kier alpha value is -0.770. The van der Waals surface area contributed by atoms with E-state index < -0.39 is 0 Å². The molecule has 1 aliphatic heterocycles. The molecule has 1 aromatic carbocycles. The van der Waals surface area contributed by atoms with Crippen LogP contribution in [0.4, 0.5) is 0 Å². The number of ether oxygens (including phenoxy) is 1. The van der Waals surface area contributed by atoms with Crippen molar-refractivity contribution < 1.29 is 4.74 Å². The molecule has 1 atom stereocenters. The fourth-order valence-electron chi connectivity index (χ4n) is 2.71. The summed E-state index contributed by atoms with van der Waals surface area (Å²) < 4.78 is 5.76. The largest absolute Gasteiger partial charge is 0.492 e. The van der Waals surface area contributed by atoms with Crippen LogP contribution in [0.1, 0.15) is 25.7 Å². The van der Waals surface area contributed by atoms with Gasteiger partial charge in [0.1, 0.15) is 12.4 Å². The number of halogens is 1. The molecule has 1 unspecified atom stereocenters. The van der Waals surface area contributed by atoms with Crippen LogP contribution in [-0.2, 0) is 0 Å². The number of likely N-dealkylation sites (tertiary alicyclic amines) is 1. The highest BCUT2D eigenvalue weighted by atomic mass is 35.5. The summed E-state index contributed by atoms with van der Waals surface area (Å²) in [6.45, 7) is 3.62. The maximum atomic E-state index is 5.93. The molecular formula is C15H23ClN2O. The molecule has 0 amide bonds. The van der Waals surface area contributed by atoms with Crippen LogP contribution in [0.2, 0.25) is 5.02 Å². The highest BCUT2D eigenvalue weighted by molar-refractivity contribution is 6.30. The summed E-state index contributed by atoms with van der Waals surface area (Å²) in [6.07, 6.45) is 4.99. The van der Waals surface area contributed by atoms with Crippen LogP contribution in [-0.4, -0.2) is 37.2 Å². The Morgan fingerprint density at radius 2 is 2.26 bits per heavy atom. The average molecular weight is 283 g/mol. The molecule has 3 nitrogen and oxygen atoms in total. The lowest BCUT2D eigenvalue weighted by Crippen LogP contribution is -2.42. The molecule has 0 radical (unpaired) electrons. The van der Waals surface area contributed by atoms with Gasteiger partial charge < -0.3 is 10.5 Å². The van der Waals surface area contributed by atoms with Crippen LogP contribution in [0.15, 0.2) is 24.3 Å². The van der Waals surface area contributed by atoms with Crippen molar-refractivity contribution in [1.29, 1.82) is 0 Å². The van der Waals surface area contributed by atoms with Crippen molar-refractivity contribution in [3.8, 4) is 5.75 Å². The lowest BCUT2D eigenvalue weighted by atomic mass is 9.99. The molecule has 0 aromatic heterocycles. The van der Waals surface area contributed by atoms with Crippen LogP contribution in [0, 0.1) is 0 Å². The molecule has 1 aliphatic rings. The van der Waals surface area contributed by atoms with E-state index in [9.17, 15) is 0 Å². The number of hydrogen-bond acceptors (Lipinski definition) is 3. The molecule has 19 heavy (non-hydrogen) atoms. The van der Waals surface area contributed by atoms with Crippen molar-refractivity contribution in [2.24, 2.45) is 5.73 Å². The molecule has 2 rings (SSSR count). The monoisotopic (exact) mass is 282 g/mol. The third-order valence-electron chi connectivity index (χ3n) is 3.69. The molecule has 1 fully saturated rings. The Morgan fingerprint density at radius 1 is 1.37 bits per heavy atom. The van der Waals surface area contributed by atoms with E-state index in [1.54, 1.807) is 0 Å². The minimum Gasteiger partial charge on any atom is -0.492 e. The van der Waals surface area contributed by atoms with Gasteiger partial charge in [0.15, 0.2) is 0 Å². The maximum absolute atomic E-state index is 5.93. The predicted octanol–water partition coefficient (Wildman–Crippen LogP) is 2.92. The van der Waals surface area contributed by atoms with E-state index in [1.807, 2.05) is 24.3 Å². The summed E-state index contributed by atoms with van der Waals surface area (Å²) in [4.78, 5) is 2.51. The van der Waals surface area contributed by atoms with Gasteiger partial charge in [-0.15, -0.1) is 0 Å². The van der Waals surface area contributed by atoms with E-state index in [-0.39, 0.29) is 0 Å². The molecule has 0 aliphatic carbocycles. The van der Waals surface area contributed by atoms with Gasteiger partial charge in [0, 0.05) is 17.6 Å². The average Bonchev–Trinajstić information content (AvgIpc) is 2.41. The molecule has 1 saturated heterocycles. The first-order valence-electron chi connectivity index (χ1n) is 7.12. The molecular weight excluding hydrogens is 260 g/mol. The normalized spacial score (nSPS) is 20.4. The van der Waals surface area contributed by atoms with Crippen molar-refractivity contribution in [2.75, 3.05) is 26.2 Å². The van der Waals surface area contributed by atoms with Crippen LogP contribution < -0.4 is 10.5 Å². The first-order chi connectivity index (χ1) is 9.29. The number of nitrogens with zero attached hydrogens (tertiary/aromatic N) is 1. The zero-order valence-electron chi connectivity index (χ0n) is 11.4. The summed E-state index contributed by atoms with van der Waals surface area (Å²) in [6, 6.07) is 8.21. The van der Waals surface area contributed by atoms with E-state index in [4.69, 9.17) is 22.1 Å². The summed E-state index contributed by atoms with van der Waals surface area (Å²) in [5.41, 5.74) is 5.69. The fourth-order valence-corrected chi connectivity index (χ4v) is 2.89. The highest BCUT2D eigenvalue weighted by Crippen LogP contribution is 2.20. The van der Waals surface area contributed by atoms with Gasteiger partial charge in [-0.1, -0.05) is 24.1 Å². The Labute approximate surface area is 120 Å². The molecule has 4 heteroatoms. The van der Waals surface area contributed by atoms with Crippen molar-refractivity contribution in [1.82, 2.24) is 4.90 Å². The molecule has 106 valence electrons. The first kappa shape index (κ1) is 14.6. The van der Waals surface area contributed by atoms with Crippen LogP contribution in [0.5, 0.6) is 5.75 Å². The van der Waals surface area contributed by atoms with E-state index >= 15 is 0 Å². The topological polar surface area (TPSA) is 38.5 Å². The standard InChI is InChI=1S/C15H23ClN2O/c16-13-4-3-6-15(12-13)19-11-10-18-9-2-1-5-14(18)7-8-17/h3-4,6,12,14H,1-2,5,7-11,17H2. The van der Waals surface area contributed by atoms with Gasteiger partial charge >= 0.3 is 0 Å². The summed E-state index contributed by atoms with van der Waals surface area (Å²) in [5, 5.41) is 0.719. The zero-order chi connectivity index (χ0) is 13.5. The lowest BCUT2D eigenvalue weighted by molar-refractivity contribution is 0.118. The number of rotatable bonds is 6. The third kappa shape index (κ3) is 4.68. The van der Waals surface area contributed by atoms with Gasteiger partial charge in [-0.05, 0) is 50.6 Å². The van der Waals surface area contributed by atoms with Gasteiger partial charge in [0.2, 0.25) is 0 Å². The fraction of sp³-hybridized carbons (Fsp3) is 0.600. The minimum atomic E-state index is 0.640. The predicted molar refractivity (Wildman–Crippen MR) is 79.8 cm³/mol. The third-order valence-corrected chi connectivity index (χ3v) is 3.93. The molecule has 0 spiro atoms. The van der Waals surface area contributed by atoms with Gasteiger partial charge in [0.05, 0.1) is 0 Å². The van der Waals surface area contributed by atoms with Crippen molar-refractivity contribution >= 4 is 11.6 Å². The quantitative estimate of drug-likeness (QED) is 0.872. The maximum Gasteiger partial charge on any atom is 0.120 e. The van der Waals surface area contributed by atoms with Gasteiger partial charge in [0.25, 0.3) is 0 Å². The molecule has 0 bridgehead atoms. The van der Waals surface area contributed by atoms with Crippen molar-refractivity contribution in [3.63, 3.8) is 0 Å². The van der Waals surface area contributed by atoms with Gasteiger partial charge in [-0.3, -0.25) is 4.90 Å². The second-order valence-electron chi connectivity index (χ2n) is 5.07. The van der Waals surface area contributed by atoms with E-state index in [0.717, 1.165) is 30.3 Å². The second kappa shape index (κ2) is 7.73. The van der Waals surface area contributed by atoms with E-state index in [1.165, 1.54) is 25.8 Å².